The van der Waals surface area contributed by atoms with Crippen LogP contribution < -0.4 is 0 Å². The van der Waals surface area contributed by atoms with E-state index in [2.05, 4.69) is 0 Å². The molecule has 0 unspecified atom stereocenters. The van der Waals surface area contributed by atoms with Crippen LogP contribution in [0.2, 0.25) is 0 Å². The van der Waals surface area contributed by atoms with E-state index in [0.717, 1.165) is 0 Å². The van der Waals surface area contributed by atoms with Crippen molar-refractivity contribution in [2.24, 2.45) is 35.5 Å². The van der Waals surface area contributed by atoms with Crippen molar-refractivity contribution in [1.29, 1.82) is 0 Å². The summed E-state index contributed by atoms with van der Waals surface area (Å²) in [4.78, 5) is 87.0. The van der Waals surface area contributed by atoms with Gasteiger partial charge in [0.2, 0.25) is 0 Å². The lowest BCUT2D eigenvalue weighted by molar-refractivity contribution is -0.180. The molecule has 47 heavy (non-hydrogen) atoms. The van der Waals surface area contributed by atoms with Crippen LogP contribution in [0.5, 0.6) is 0 Å². The van der Waals surface area contributed by atoms with Gasteiger partial charge in [0, 0.05) is 21.1 Å². The zero-order valence-corrected chi connectivity index (χ0v) is 31.4. The maximum absolute atomic E-state index is 14.0. The Kier molecular flexibility index (Phi) is 15.9. The second-order valence-corrected chi connectivity index (χ2v) is 15.1. The van der Waals surface area contributed by atoms with E-state index < -0.39 is 95.7 Å². The third-order valence-electron chi connectivity index (χ3n) is 8.44. The largest absolute Gasteiger partial charge is 0.451 e. The molecule has 0 aromatic rings. The van der Waals surface area contributed by atoms with E-state index in [1.165, 1.54) is 35.8 Å². The Morgan fingerprint density at radius 1 is 0.447 bits per heavy atom. The summed E-state index contributed by atoms with van der Waals surface area (Å²) in [5.74, 6) is -6.07. The standard InChI is InChI=1S/C35H61N3O9/c1-18(2)16-24-30(39)36(13)26(20(5)6)33(42)45-25(17-19(3)4)31(40)37(14)28(22(9)10)35(44)47-29(23(11)12)32(41)38(15)27(21(7)8)34(43)46-24/h18-29H,16-17H2,1-15H3/t24-,25-,26+,27+,28+,29-/m1/s1. The Morgan fingerprint density at radius 3 is 0.979 bits per heavy atom. The van der Waals surface area contributed by atoms with E-state index >= 15 is 0 Å². The molecule has 12 nitrogen and oxygen atoms in total. The summed E-state index contributed by atoms with van der Waals surface area (Å²) in [7, 11) is 4.34. The maximum Gasteiger partial charge on any atom is 0.329 e. The van der Waals surface area contributed by atoms with Gasteiger partial charge in [-0.3, -0.25) is 14.4 Å². The van der Waals surface area contributed by atoms with Crippen molar-refractivity contribution in [3.63, 3.8) is 0 Å². The fourth-order valence-corrected chi connectivity index (χ4v) is 6.04. The van der Waals surface area contributed by atoms with Gasteiger partial charge in [0.1, 0.15) is 18.1 Å². The van der Waals surface area contributed by atoms with Crippen LogP contribution in [0.25, 0.3) is 0 Å². The Balaban J connectivity index is 3.96. The minimum absolute atomic E-state index is 0.0634. The van der Waals surface area contributed by atoms with Gasteiger partial charge in [-0.15, -0.1) is 0 Å². The molecule has 0 aromatic carbocycles. The van der Waals surface area contributed by atoms with Crippen LogP contribution >= 0.6 is 0 Å². The van der Waals surface area contributed by atoms with Gasteiger partial charge in [0.15, 0.2) is 18.3 Å². The van der Waals surface area contributed by atoms with E-state index in [-0.39, 0.29) is 24.7 Å². The van der Waals surface area contributed by atoms with Crippen LogP contribution in [-0.2, 0) is 43.0 Å². The zero-order valence-electron chi connectivity index (χ0n) is 31.4. The van der Waals surface area contributed by atoms with Gasteiger partial charge in [-0.2, -0.15) is 0 Å². The Morgan fingerprint density at radius 2 is 0.723 bits per heavy atom. The van der Waals surface area contributed by atoms with Crippen LogP contribution in [0.4, 0.5) is 0 Å². The Labute approximate surface area is 282 Å². The molecule has 1 saturated heterocycles. The molecule has 0 aliphatic carbocycles. The quantitative estimate of drug-likeness (QED) is 0.278. The molecule has 3 amide bonds. The predicted octanol–water partition coefficient (Wildman–Crippen LogP) is 3.93. The number of rotatable bonds is 8. The molecule has 0 N–H and O–H groups in total. The van der Waals surface area contributed by atoms with Crippen molar-refractivity contribution in [3.05, 3.63) is 0 Å². The Hall–Kier alpha value is -3.18. The number of nitrogens with zero attached hydrogens (tertiary/aromatic N) is 3. The number of ether oxygens (including phenoxy) is 3. The lowest BCUT2D eigenvalue weighted by Crippen LogP contribution is -2.57. The molecule has 1 aliphatic rings. The first kappa shape index (κ1) is 41.8. The highest BCUT2D eigenvalue weighted by Crippen LogP contribution is 2.25. The molecule has 1 fully saturated rings. The van der Waals surface area contributed by atoms with E-state index in [9.17, 15) is 28.8 Å². The van der Waals surface area contributed by atoms with E-state index in [4.69, 9.17) is 14.2 Å². The predicted molar refractivity (Wildman–Crippen MR) is 178 cm³/mol. The molecule has 6 atom stereocenters. The number of amides is 3. The normalized spacial score (nSPS) is 26.9. The maximum atomic E-state index is 14.0. The van der Waals surface area contributed by atoms with E-state index in [0.29, 0.717) is 0 Å². The average molecular weight is 668 g/mol. The number of likely N-dealkylation sites (N-methyl/N-ethyl adjacent to an activating group) is 3. The molecule has 270 valence electrons. The van der Waals surface area contributed by atoms with Crippen molar-refractivity contribution in [3.8, 4) is 0 Å². The first-order chi connectivity index (χ1) is 21.5. The van der Waals surface area contributed by atoms with Crippen molar-refractivity contribution >= 4 is 35.6 Å². The van der Waals surface area contributed by atoms with Gasteiger partial charge in [-0.05, 0) is 48.3 Å². The van der Waals surface area contributed by atoms with Crippen LogP contribution in [0.15, 0.2) is 0 Å². The van der Waals surface area contributed by atoms with Crippen LogP contribution in [0.1, 0.15) is 95.9 Å². The molecule has 0 radical (unpaired) electrons. The van der Waals surface area contributed by atoms with Gasteiger partial charge in [0.25, 0.3) is 17.7 Å². The molecule has 0 aromatic heterocycles. The molecular weight excluding hydrogens is 606 g/mol. The van der Waals surface area contributed by atoms with Crippen molar-refractivity contribution < 1.29 is 43.0 Å². The third-order valence-corrected chi connectivity index (χ3v) is 8.44. The number of carbonyl (C=O) groups is 6. The van der Waals surface area contributed by atoms with Gasteiger partial charge >= 0.3 is 17.9 Å². The molecule has 12 heteroatoms. The van der Waals surface area contributed by atoms with Crippen LogP contribution in [-0.4, -0.2) is 108 Å². The summed E-state index contributed by atoms with van der Waals surface area (Å²) >= 11 is 0. The zero-order chi connectivity index (χ0) is 36.7. The minimum Gasteiger partial charge on any atom is -0.451 e. The number of hydrogen-bond acceptors (Lipinski definition) is 9. The van der Waals surface area contributed by atoms with Gasteiger partial charge < -0.3 is 28.9 Å². The third kappa shape index (κ3) is 10.9. The summed E-state index contributed by atoms with van der Waals surface area (Å²) in [6.45, 7) is 21.4. The highest BCUT2D eigenvalue weighted by atomic mass is 16.6. The van der Waals surface area contributed by atoms with Crippen molar-refractivity contribution in [2.75, 3.05) is 21.1 Å². The first-order valence-electron chi connectivity index (χ1n) is 17.0. The second-order valence-electron chi connectivity index (χ2n) is 15.1. The monoisotopic (exact) mass is 667 g/mol. The highest BCUT2D eigenvalue weighted by molar-refractivity contribution is 5.94. The van der Waals surface area contributed by atoms with Gasteiger partial charge in [-0.1, -0.05) is 83.1 Å². The molecular formula is C35H61N3O9. The average Bonchev–Trinajstić information content (AvgIpc) is 2.92. The lowest BCUT2D eigenvalue weighted by atomic mass is 9.97. The van der Waals surface area contributed by atoms with Crippen molar-refractivity contribution in [2.45, 2.75) is 132 Å². The van der Waals surface area contributed by atoms with E-state index in [1.807, 2.05) is 27.7 Å². The molecule has 0 spiro atoms. The summed E-state index contributed by atoms with van der Waals surface area (Å²) in [6, 6.07) is -3.32. The minimum atomic E-state index is -1.28. The lowest BCUT2D eigenvalue weighted by Gasteiger charge is -2.38. The summed E-state index contributed by atoms with van der Waals surface area (Å²) in [5, 5.41) is 0. The van der Waals surface area contributed by atoms with Gasteiger partial charge in [-0.25, -0.2) is 14.4 Å². The number of esters is 3. The Bertz CT molecular complexity index is 1100. The number of hydrogen-bond donors (Lipinski definition) is 0. The number of carbonyl (C=O) groups excluding carboxylic acids is 6. The number of cyclic esters (lactones) is 3. The fourth-order valence-electron chi connectivity index (χ4n) is 6.04. The molecule has 1 rings (SSSR count). The van der Waals surface area contributed by atoms with Crippen LogP contribution in [0.3, 0.4) is 0 Å². The van der Waals surface area contributed by atoms with Crippen LogP contribution in [0, 0.1) is 35.5 Å². The fraction of sp³-hybridized carbons (Fsp3) is 0.829. The molecule has 0 bridgehead atoms. The molecule has 1 aliphatic heterocycles. The highest BCUT2D eigenvalue weighted by Gasteiger charge is 2.44. The molecule has 0 saturated carbocycles. The summed E-state index contributed by atoms with van der Waals surface area (Å²) < 4.78 is 17.6. The topological polar surface area (TPSA) is 140 Å². The molecule has 1 heterocycles. The van der Waals surface area contributed by atoms with E-state index in [1.54, 1.807) is 55.4 Å². The SMILES string of the molecule is CC(C)C[C@H]1OC(=O)[C@H](C(C)C)N(C)C(=O)[C@@H](CC(C)C)OC(=O)[C@H](C(C)C)N(C)C(=O)[C@@H](C(C)C)OC(=O)[C@H](C(C)C)N(C)C1=O. The summed E-state index contributed by atoms with van der Waals surface area (Å²) in [6.07, 6.45) is -3.45. The second kappa shape index (κ2) is 17.8. The first-order valence-corrected chi connectivity index (χ1v) is 17.0. The van der Waals surface area contributed by atoms with Gasteiger partial charge in [0.05, 0.1) is 0 Å². The smallest absolute Gasteiger partial charge is 0.329 e. The van der Waals surface area contributed by atoms with Crippen molar-refractivity contribution in [1.82, 2.24) is 14.7 Å². The summed E-state index contributed by atoms with van der Waals surface area (Å²) in [5.41, 5.74) is 0.